The Balaban J connectivity index is 2.06. The molecule has 0 spiro atoms. The minimum absolute atomic E-state index is 0.141. The van der Waals surface area contributed by atoms with Gasteiger partial charge in [-0.05, 0) is 32.4 Å². The van der Waals surface area contributed by atoms with Crippen LogP contribution in [0.4, 0.5) is 9.18 Å². The average molecular weight is 356 g/mol. The lowest BCUT2D eigenvalue weighted by atomic mass is 10.2. The van der Waals surface area contributed by atoms with Gasteiger partial charge in [-0.3, -0.25) is 4.79 Å². The van der Waals surface area contributed by atoms with Crippen molar-refractivity contribution >= 4 is 23.8 Å². The van der Waals surface area contributed by atoms with Crippen LogP contribution in [0.1, 0.15) is 32.8 Å². The molecule has 0 saturated carbocycles. The zero-order valence-corrected chi connectivity index (χ0v) is 15.2. The van der Waals surface area contributed by atoms with Crippen molar-refractivity contribution in [2.24, 2.45) is 0 Å². The minimum Gasteiger partial charge on any atom is -0.444 e. The zero-order valence-electron chi connectivity index (χ0n) is 14.4. The number of carbonyl (C=O) groups excluding carboxylic acids is 2. The first-order chi connectivity index (χ1) is 11.3. The Labute approximate surface area is 146 Å². The molecule has 0 aliphatic rings. The Bertz CT molecular complexity index is 547. The molecule has 24 heavy (non-hydrogen) atoms. The molecule has 0 fully saturated rings. The minimum atomic E-state index is -0.554. The van der Waals surface area contributed by atoms with Crippen LogP contribution in [-0.4, -0.2) is 36.4 Å². The van der Waals surface area contributed by atoms with E-state index in [1.165, 1.54) is 6.07 Å². The molecule has 0 saturated heterocycles. The molecule has 1 aromatic rings. The molecule has 134 valence electrons. The van der Waals surface area contributed by atoms with Crippen LogP contribution in [0.15, 0.2) is 24.3 Å². The van der Waals surface area contributed by atoms with Gasteiger partial charge in [-0.1, -0.05) is 18.2 Å². The maximum absolute atomic E-state index is 13.4. The summed E-state index contributed by atoms with van der Waals surface area (Å²) in [6.07, 6.45) is -0.340. The molecular weight excluding hydrogens is 331 g/mol. The molecule has 5 nitrogen and oxygen atoms in total. The number of hydrogen-bond acceptors (Lipinski definition) is 4. The van der Waals surface area contributed by atoms with E-state index in [0.717, 1.165) is 0 Å². The van der Waals surface area contributed by atoms with Gasteiger partial charge >= 0.3 is 6.09 Å². The van der Waals surface area contributed by atoms with E-state index in [-0.39, 0.29) is 24.7 Å². The normalized spacial score (nSPS) is 11.0. The Morgan fingerprint density at radius 3 is 2.54 bits per heavy atom. The quantitative estimate of drug-likeness (QED) is 0.703. The van der Waals surface area contributed by atoms with Gasteiger partial charge in [0.2, 0.25) is 5.91 Å². The third kappa shape index (κ3) is 9.39. The van der Waals surface area contributed by atoms with Gasteiger partial charge in [0.25, 0.3) is 0 Å². The fourth-order valence-corrected chi connectivity index (χ4v) is 2.59. The summed E-state index contributed by atoms with van der Waals surface area (Å²) in [7, 11) is 0. The number of carbonyl (C=O) groups is 2. The molecule has 1 aromatic carbocycles. The van der Waals surface area contributed by atoms with Crippen LogP contribution in [0, 0.1) is 5.82 Å². The fourth-order valence-electron chi connectivity index (χ4n) is 1.74. The lowest BCUT2D eigenvalue weighted by Crippen LogP contribution is -2.35. The molecule has 0 radical (unpaired) electrons. The Morgan fingerprint density at radius 1 is 1.17 bits per heavy atom. The molecule has 0 aromatic heterocycles. The van der Waals surface area contributed by atoms with E-state index in [4.69, 9.17) is 4.74 Å². The van der Waals surface area contributed by atoms with Crippen molar-refractivity contribution in [2.45, 2.75) is 38.5 Å². The van der Waals surface area contributed by atoms with Crippen LogP contribution in [0.25, 0.3) is 0 Å². The second-order valence-corrected chi connectivity index (χ2v) is 7.28. The fraction of sp³-hybridized carbons (Fsp3) is 0.529. The number of hydrogen-bond donors (Lipinski definition) is 2. The Kier molecular flexibility index (Phi) is 8.60. The van der Waals surface area contributed by atoms with Crippen molar-refractivity contribution in [3.63, 3.8) is 0 Å². The summed E-state index contributed by atoms with van der Waals surface area (Å²) < 4.78 is 18.5. The molecule has 0 unspecified atom stereocenters. The summed E-state index contributed by atoms with van der Waals surface area (Å²) in [5, 5.41) is 5.29. The van der Waals surface area contributed by atoms with Crippen molar-refractivity contribution in [1.82, 2.24) is 10.6 Å². The first kappa shape index (κ1) is 20.3. The van der Waals surface area contributed by atoms with Crippen LogP contribution in [0.3, 0.4) is 0 Å². The molecular formula is C17H25FN2O3S. The van der Waals surface area contributed by atoms with E-state index in [9.17, 15) is 14.0 Å². The molecule has 0 aliphatic carbocycles. The van der Waals surface area contributed by atoms with Crippen molar-refractivity contribution in [2.75, 3.05) is 18.8 Å². The van der Waals surface area contributed by atoms with Gasteiger partial charge in [-0.25, -0.2) is 9.18 Å². The predicted octanol–water partition coefficient (Wildman–Crippen LogP) is 3.09. The lowest BCUT2D eigenvalue weighted by Gasteiger charge is -2.19. The van der Waals surface area contributed by atoms with Crippen LogP contribution >= 0.6 is 11.8 Å². The highest BCUT2D eigenvalue weighted by Gasteiger charge is 2.15. The number of alkyl carbamates (subject to hydrolysis) is 1. The van der Waals surface area contributed by atoms with Gasteiger partial charge in [-0.2, -0.15) is 11.8 Å². The number of rotatable bonds is 8. The Morgan fingerprint density at radius 2 is 1.88 bits per heavy atom. The van der Waals surface area contributed by atoms with Gasteiger partial charge < -0.3 is 15.4 Å². The van der Waals surface area contributed by atoms with Crippen LogP contribution in [0.2, 0.25) is 0 Å². The van der Waals surface area contributed by atoms with Gasteiger partial charge in [-0.15, -0.1) is 0 Å². The zero-order chi connectivity index (χ0) is 18.0. The van der Waals surface area contributed by atoms with E-state index in [0.29, 0.717) is 23.6 Å². The molecule has 0 bridgehead atoms. The third-order valence-corrected chi connectivity index (χ3v) is 3.81. The molecule has 0 atom stereocenters. The van der Waals surface area contributed by atoms with Gasteiger partial charge in [0, 0.05) is 31.0 Å². The number of benzene rings is 1. The SMILES string of the molecule is CC(C)(C)OC(=O)NCCC(=O)NCCSCc1ccccc1F. The van der Waals surface area contributed by atoms with Crippen molar-refractivity contribution in [1.29, 1.82) is 0 Å². The summed E-state index contributed by atoms with van der Waals surface area (Å²) in [5.74, 6) is 0.919. The van der Waals surface area contributed by atoms with E-state index in [1.54, 1.807) is 50.7 Å². The summed E-state index contributed by atoms with van der Waals surface area (Å²) in [4.78, 5) is 23.0. The van der Waals surface area contributed by atoms with E-state index in [1.807, 2.05) is 0 Å². The van der Waals surface area contributed by atoms with Gasteiger partial charge in [0.05, 0.1) is 0 Å². The first-order valence-corrected chi connectivity index (χ1v) is 8.98. The second-order valence-electron chi connectivity index (χ2n) is 6.17. The van der Waals surface area contributed by atoms with Crippen molar-refractivity contribution < 1.29 is 18.7 Å². The highest BCUT2D eigenvalue weighted by atomic mass is 32.2. The molecule has 0 heterocycles. The topological polar surface area (TPSA) is 67.4 Å². The molecule has 7 heteroatoms. The van der Waals surface area contributed by atoms with Gasteiger partial charge in [0.1, 0.15) is 11.4 Å². The summed E-state index contributed by atoms with van der Waals surface area (Å²) in [6.45, 7) is 6.06. The standard InChI is InChI=1S/C17H25FN2O3S/c1-17(2,3)23-16(22)20-9-8-15(21)19-10-11-24-12-13-6-4-5-7-14(13)18/h4-7H,8-12H2,1-3H3,(H,19,21)(H,20,22). The highest BCUT2D eigenvalue weighted by Crippen LogP contribution is 2.14. The second kappa shape index (κ2) is 10.2. The number of thioether (sulfide) groups is 1. The highest BCUT2D eigenvalue weighted by molar-refractivity contribution is 7.98. The summed E-state index contributed by atoms with van der Waals surface area (Å²) in [6, 6.07) is 6.66. The number of halogens is 1. The molecule has 0 aliphatic heterocycles. The van der Waals surface area contributed by atoms with Crippen molar-refractivity contribution in [3.05, 3.63) is 35.6 Å². The largest absolute Gasteiger partial charge is 0.444 e. The smallest absolute Gasteiger partial charge is 0.407 e. The summed E-state index contributed by atoms with van der Waals surface area (Å²) in [5.41, 5.74) is 0.109. The lowest BCUT2D eigenvalue weighted by molar-refractivity contribution is -0.120. The maximum atomic E-state index is 13.4. The molecule has 2 amide bonds. The summed E-state index contributed by atoms with van der Waals surface area (Å²) >= 11 is 1.55. The number of ether oxygens (including phenoxy) is 1. The predicted molar refractivity (Wildman–Crippen MR) is 94.4 cm³/mol. The number of amides is 2. The molecule has 1 rings (SSSR count). The average Bonchev–Trinajstić information content (AvgIpc) is 2.47. The number of nitrogens with one attached hydrogen (secondary N) is 2. The van der Waals surface area contributed by atoms with E-state index >= 15 is 0 Å². The Hall–Kier alpha value is -1.76. The van der Waals surface area contributed by atoms with Crippen LogP contribution in [-0.2, 0) is 15.3 Å². The van der Waals surface area contributed by atoms with Crippen LogP contribution in [0.5, 0.6) is 0 Å². The third-order valence-electron chi connectivity index (χ3n) is 2.80. The monoisotopic (exact) mass is 356 g/mol. The molecule has 2 N–H and O–H groups in total. The van der Waals surface area contributed by atoms with E-state index in [2.05, 4.69) is 10.6 Å². The van der Waals surface area contributed by atoms with Crippen molar-refractivity contribution in [3.8, 4) is 0 Å². The van der Waals surface area contributed by atoms with Crippen LogP contribution < -0.4 is 10.6 Å². The van der Waals surface area contributed by atoms with E-state index < -0.39 is 11.7 Å². The van der Waals surface area contributed by atoms with Gasteiger partial charge in [0.15, 0.2) is 0 Å². The maximum Gasteiger partial charge on any atom is 0.407 e. The first-order valence-electron chi connectivity index (χ1n) is 7.82.